The van der Waals surface area contributed by atoms with Gasteiger partial charge in [0.25, 0.3) is 0 Å². The number of nitriles is 1. The predicted octanol–water partition coefficient (Wildman–Crippen LogP) is 7.45. The largest absolute Gasteiger partial charge is 0.308 e. The molecular weight excluding hydrogens is 402 g/mol. The van der Waals surface area contributed by atoms with E-state index >= 15 is 0 Å². The van der Waals surface area contributed by atoms with Crippen LogP contribution in [0.25, 0.3) is 60.5 Å². The molecule has 0 atom stereocenters. The van der Waals surface area contributed by atoms with Crippen LogP contribution >= 0.6 is 0 Å². The summed E-state index contributed by atoms with van der Waals surface area (Å²) in [5.41, 5.74) is 9.39. The van der Waals surface area contributed by atoms with Crippen molar-refractivity contribution in [2.75, 3.05) is 0 Å². The fourth-order valence-electron chi connectivity index (χ4n) is 5.49. The minimum atomic E-state index is 0.592. The molecule has 1 heterocycles. The van der Waals surface area contributed by atoms with Crippen LogP contribution in [-0.2, 0) is 0 Å². The lowest BCUT2D eigenvalue weighted by molar-refractivity contribution is 1.17. The maximum Gasteiger partial charge on any atom is 0.101 e. The molecule has 0 bridgehead atoms. The first-order chi connectivity index (χ1) is 16.3. The van der Waals surface area contributed by atoms with E-state index in [1.54, 1.807) is 0 Å². The highest BCUT2D eigenvalue weighted by Crippen LogP contribution is 2.50. The number of nitrogens with zero attached hydrogens (tertiary/aromatic N) is 2. The SMILES string of the molecule is N#Cc1ccc(C=N)cc1-n1c2ccccc2c2cc3c4c(cccc4c21)-c1ccccc1-3. The minimum absolute atomic E-state index is 0.592. The van der Waals surface area contributed by atoms with Crippen molar-refractivity contribution in [3.05, 3.63) is 102 Å². The summed E-state index contributed by atoms with van der Waals surface area (Å²) in [5.74, 6) is 0. The summed E-state index contributed by atoms with van der Waals surface area (Å²) in [7, 11) is 0. The van der Waals surface area contributed by atoms with Crippen LogP contribution in [-0.4, -0.2) is 10.8 Å². The summed E-state index contributed by atoms with van der Waals surface area (Å²) in [4.78, 5) is 0. The number of para-hydroxylation sites is 1. The normalized spacial score (nSPS) is 11.7. The van der Waals surface area contributed by atoms with Gasteiger partial charge in [0.1, 0.15) is 6.07 Å². The van der Waals surface area contributed by atoms with Gasteiger partial charge in [0.05, 0.1) is 22.3 Å². The van der Waals surface area contributed by atoms with Crippen LogP contribution in [0.1, 0.15) is 11.1 Å². The fraction of sp³-hybridized carbons (Fsp3) is 0. The average Bonchev–Trinajstić information content (AvgIpc) is 3.38. The second-order valence-electron chi connectivity index (χ2n) is 8.48. The number of nitrogens with one attached hydrogen (secondary N) is 1. The lowest BCUT2D eigenvalue weighted by Gasteiger charge is -2.13. The van der Waals surface area contributed by atoms with Gasteiger partial charge in [-0.1, -0.05) is 66.7 Å². The Kier molecular flexibility index (Phi) is 3.49. The third-order valence-corrected chi connectivity index (χ3v) is 6.85. The van der Waals surface area contributed by atoms with Crippen molar-refractivity contribution in [2.45, 2.75) is 0 Å². The number of aromatic nitrogens is 1. The first-order valence-corrected chi connectivity index (χ1v) is 10.9. The molecule has 1 aromatic heterocycles. The maximum atomic E-state index is 9.93. The Morgan fingerprint density at radius 1 is 0.697 bits per heavy atom. The van der Waals surface area contributed by atoms with E-state index in [1.807, 2.05) is 24.3 Å². The summed E-state index contributed by atoms with van der Waals surface area (Å²) >= 11 is 0. The molecule has 0 unspecified atom stereocenters. The smallest absolute Gasteiger partial charge is 0.101 e. The molecule has 3 nitrogen and oxygen atoms in total. The first-order valence-electron chi connectivity index (χ1n) is 10.9. The van der Waals surface area contributed by atoms with E-state index in [0.717, 1.165) is 27.7 Å². The number of hydrogen-bond donors (Lipinski definition) is 1. The molecule has 0 amide bonds. The lowest BCUT2D eigenvalue weighted by Crippen LogP contribution is -1.99. The highest BCUT2D eigenvalue weighted by molar-refractivity contribution is 6.27. The molecule has 0 fully saturated rings. The van der Waals surface area contributed by atoms with E-state index < -0.39 is 0 Å². The second-order valence-corrected chi connectivity index (χ2v) is 8.48. The van der Waals surface area contributed by atoms with Crippen molar-refractivity contribution in [3.8, 4) is 34.0 Å². The van der Waals surface area contributed by atoms with Gasteiger partial charge >= 0.3 is 0 Å². The summed E-state index contributed by atoms with van der Waals surface area (Å²) in [6.07, 6.45) is 1.33. The van der Waals surface area contributed by atoms with Gasteiger partial charge in [-0.3, -0.25) is 0 Å². The van der Waals surface area contributed by atoms with Gasteiger partial charge < -0.3 is 9.98 Å². The molecule has 1 aliphatic carbocycles. The van der Waals surface area contributed by atoms with Gasteiger partial charge in [-0.25, -0.2) is 0 Å². The Hall–Kier alpha value is -4.68. The molecule has 5 aromatic carbocycles. The molecule has 1 N–H and O–H groups in total. The Bertz CT molecular complexity index is 1850. The third-order valence-electron chi connectivity index (χ3n) is 6.85. The highest BCUT2D eigenvalue weighted by Gasteiger charge is 2.25. The van der Waals surface area contributed by atoms with Gasteiger partial charge in [0.15, 0.2) is 0 Å². The Morgan fingerprint density at radius 2 is 1.42 bits per heavy atom. The highest BCUT2D eigenvalue weighted by atomic mass is 15.0. The van der Waals surface area contributed by atoms with Crippen molar-refractivity contribution < 1.29 is 0 Å². The second kappa shape index (κ2) is 6.41. The molecule has 3 heteroatoms. The molecule has 33 heavy (non-hydrogen) atoms. The summed E-state index contributed by atoms with van der Waals surface area (Å²) in [6.45, 7) is 0. The topological polar surface area (TPSA) is 52.6 Å². The van der Waals surface area contributed by atoms with E-state index in [1.165, 1.54) is 44.6 Å². The van der Waals surface area contributed by atoms with E-state index in [0.29, 0.717) is 5.56 Å². The Labute approximate surface area is 190 Å². The molecule has 0 aliphatic heterocycles. The van der Waals surface area contributed by atoms with Crippen LogP contribution in [0.15, 0.2) is 91.0 Å². The maximum absolute atomic E-state index is 9.93. The molecule has 0 saturated carbocycles. The summed E-state index contributed by atoms with van der Waals surface area (Å²) < 4.78 is 2.21. The van der Waals surface area contributed by atoms with Gasteiger partial charge in [-0.05, 0) is 57.5 Å². The lowest BCUT2D eigenvalue weighted by atomic mass is 9.99. The number of hydrogen-bond acceptors (Lipinski definition) is 2. The van der Waals surface area contributed by atoms with Crippen molar-refractivity contribution in [2.24, 2.45) is 0 Å². The van der Waals surface area contributed by atoms with Crippen molar-refractivity contribution in [1.82, 2.24) is 4.57 Å². The monoisotopic (exact) mass is 419 g/mol. The van der Waals surface area contributed by atoms with E-state index in [4.69, 9.17) is 5.41 Å². The van der Waals surface area contributed by atoms with Crippen molar-refractivity contribution in [1.29, 1.82) is 10.7 Å². The van der Waals surface area contributed by atoms with Gasteiger partial charge in [0.2, 0.25) is 0 Å². The van der Waals surface area contributed by atoms with Crippen LogP contribution < -0.4 is 0 Å². The zero-order valence-corrected chi connectivity index (χ0v) is 17.6. The van der Waals surface area contributed by atoms with Crippen LogP contribution in [0.5, 0.6) is 0 Å². The molecule has 6 aromatic rings. The van der Waals surface area contributed by atoms with E-state index in [-0.39, 0.29) is 0 Å². The Balaban J connectivity index is 1.75. The number of rotatable bonds is 2. The summed E-state index contributed by atoms with van der Waals surface area (Å²) in [5, 5.41) is 22.5. The number of benzene rings is 5. The van der Waals surface area contributed by atoms with Crippen molar-refractivity contribution >= 4 is 38.8 Å². The molecule has 0 saturated heterocycles. The van der Waals surface area contributed by atoms with Gasteiger partial charge in [-0.15, -0.1) is 0 Å². The van der Waals surface area contributed by atoms with Gasteiger partial charge in [0, 0.05) is 22.4 Å². The van der Waals surface area contributed by atoms with Crippen molar-refractivity contribution in [3.63, 3.8) is 0 Å². The molecular formula is C30H17N3. The number of fused-ring (bicyclic) bond motifs is 7. The third kappa shape index (κ3) is 2.25. The molecule has 0 radical (unpaired) electrons. The van der Waals surface area contributed by atoms with Crippen LogP contribution in [0.4, 0.5) is 0 Å². The molecule has 1 aliphatic rings. The fourth-order valence-corrected chi connectivity index (χ4v) is 5.49. The summed E-state index contributed by atoms with van der Waals surface area (Å²) in [6, 6.07) is 33.8. The Morgan fingerprint density at radius 3 is 2.24 bits per heavy atom. The van der Waals surface area contributed by atoms with Crippen LogP contribution in [0.2, 0.25) is 0 Å². The van der Waals surface area contributed by atoms with E-state index in [2.05, 4.69) is 77.4 Å². The quantitative estimate of drug-likeness (QED) is 0.291. The van der Waals surface area contributed by atoms with Crippen LogP contribution in [0, 0.1) is 16.7 Å². The molecule has 0 spiro atoms. The predicted molar refractivity (Wildman–Crippen MR) is 135 cm³/mol. The minimum Gasteiger partial charge on any atom is -0.308 e. The molecule has 152 valence electrons. The first kappa shape index (κ1) is 17.9. The average molecular weight is 419 g/mol. The molecule has 7 rings (SSSR count). The van der Waals surface area contributed by atoms with Crippen LogP contribution in [0.3, 0.4) is 0 Å². The van der Waals surface area contributed by atoms with E-state index in [9.17, 15) is 5.26 Å². The van der Waals surface area contributed by atoms with Gasteiger partial charge in [-0.2, -0.15) is 5.26 Å². The zero-order valence-electron chi connectivity index (χ0n) is 17.6. The zero-order chi connectivity index (χ0) is 22.1. The standard InChI is InChI=1S/C30H17N3/c31-16-18-12-13-19(17-32)28(14-18)33-27-11-4-3-8-22(27)26-15-25-21-7-2-1-6-20(21)23-9-5-10-24(29(23)25)30(26)33/h1-16,31H.